The van der Waals surface area contributed by atoms with Crippen LogP contribution in [-0.4, -0.2) is 33.7 Å². The molecule has 10 heteroatoms. The highest BCUT2D eigenvalue weighted by atomic mass is 32.2. The Balaban J connectivity index is 2.24. The highest BCUT2D eigenvalue weighted by molar-refractivity contribution is 7.89. The number of amides is 1. The Labute approximate surface area is 114 Å². The third kappa shape index (κ3) is 2.99. The molecule has 1 unspecified atom stereocenters. The molecule has 1 aliphatic heterocycles. The number of nitrogens with zero attached hydrogens (tertiary/aromatic N) is 4. The molecule has 0 saturated carbocycles. The lowest BCUT2D eigenvalue weighted by molar-refractivity contribution is 0.145. The molecule has 1 aliphatic rings. The summed E-state index contributed by atoms with van der Waals surface area (Å²) in [5, 5.41) is 8.37. The summed E-state index contributed by atoms with van der Waals surface area (Å²) in [5.74, 6) is 0. The summed E-state index contributed by atoms with van der Waals surface area (Å²) in [6, 6.07) is 5.65. The summed E-state index contributed by atoms with van der Waals surface area (Å²) in [4.78, 5) is 15.4. The average Bonchev–Trinajstić information content (AvgIpc) is 2.77. The van der Waals surface area contributed by atoms with Gasteiger partial charge in [-0.25, -0.2) is 18.4 Å². The van der Waals surface area contributed by atoms with Crippen LogP contribution in [0.2, 0.25) is 0 Å². The third-order valence-electron chi connectivity index (χ3n) is 2.68. The molecule has 1 heterocycles. The number of rotatable bonds is 4. The van der Waals surface area contributed by atoms with Gasteiger partial charge >= 0.3 is 6.09 Å². The van der Waals surface area contributed by atoms with E-state index >= 15 is 0 Å². The number of primary sulfonamides is 1. The fourth-order valence-corrected chi connectivity index (χ4v) is 2.34. The molecule has 1 saturated heterocycles. The Morgan fingerprint density at radius 3 is 2.95 bits per heavy atom. The van der Waals surface area contributed by atoms with Crippen molar-refractivity contribution < 1.29 is 17.9 Å². The van der Waals surface area contributed by atoms with Crippen LogP contribution in [-0.2, 0) is 14.8 Å². The number of hydrogen-bond acceptors (Lipinski definition) is 5. The normalized spacial score (nSPS) is 18.6. The monoisotopic (exact) mass is 297 g/mol. The van der Waals surface area contributed by atoms with Crippen LogP contribution in [0.3, 0.4) is 0 Å². The lowest BCUT2D eigenvalue weighted by Gasteiger charge is -2.13. The summed E-state index contributed by atoms with van der Waals surface area (Å²) in [6.07, 6.45) is -1.19. The van der Waals surface area contributed by atoms with Crippen molar-refractivity contribution >= 4 is 21.8 Å². The zero-order valence-corrected chi connectivity index (χ0v) is 11.0. The lowest BCUT2D eigenvalue weighted by atomic mass is 10.3. The van der Waals surface area contributed by atoms with Crippen molar-refractivity contribution in [2.24, 2.45) is 10.3 Å². The van der Waals surface area contributed by atoms with Crippen LogP contribution in [0.4, 0.5) is 10.5 Å². The maximum atomic E-state index is 11.7. The Kier molecular flexibility index (Phi) is 3.79. The molecule has 1 aromatic carbocycles. The van der Waals surface area contributed by atoms with Gasteiger partial charge in [-0.05, 0) is 23.7 Å². The summed E-state index contributed by atoms with van der Waals surface area (Å²) in [7, 11) is -3.85. The van der Waals surface area contributed by atoms with E-state index in [1.54, 1.807) is 6.07 Å². The quantitative estimate of drug-likeness (QED) is 0.502. The van der Waals surface area contributed by atoms with Crippen molar-refractivity contribution in [3.8, 4) is 0 Å². The lowest BCUT2D eigenvalue weighted by Crippen LogP contribution is -2.25. The molecule has 1 fully saturated rings. The summed E-state index contributed by atoms with van der Waals surface area (Å²) in [5.41, 5.74) is 8.58. The molecule has 0 aromatic heterocycles. The molecular weight excluding hydrogens is 286 g/mol. The number of ether oxygens (including phenoxy) is 1. The number of benzene rings is 1. The van der Waals surface area contributed by atoms with E-state index in [1.165, 1.54) is 23.1 Å². The van der Waals surface area contributed by atoms with E-state index < -0.39 is 22.2 Å². The topological polar surface area (TPSA) is 138 Å². The van der Waals surface area contributed by atoms with Crippen molar-refractivity contribution in [2.75, 3.05) is 18.0 Å². The van der Waals surface area contributed by atoms with Gasteiger partial charge in [0.05, 0.1) is 18.0 Å². The van der Waals surface area contributed by atoms with Gasteiger partial charge in [-0.15, -0.1) is 0 Å². The van der Waals surface area contributed by atoms with Gasteiger partial charge in [0, 0.05) is 10.6 Å². The number of anilines is 1. The van der Waals surface area contributed by atoms with Gasteiger partial charge in [0.25, 0.3) is 0 Å². The predicted octanol–water partition coefficient (Wildman–Crippen LogP) is 0.970. The first-order chi connectivity index (χ1) is 9.41. The van der Waals surface area contributed by atoms with Crippen LogP contribution in [0.25, 0.3) is 10.4 Å². The van der Waals surface area contributed by atoms with Gasteiger partial charge in [0.1, 0.15) is 6.10 Å². The number of azide groups is 1. The van der Waals surface area contributed by atoms with Crippen molar-refractivity contribution in [2.45, 2.75) is 11.0 Å². The Morgan fingerprint density at radius 1 is 1.55 bits per heavy atom. The van der Waals surface area contributed by atoms with Gasteiger partial charge in [-0.2, -0.15) is 0 Å². The minimum atomic E-state index is -3.85. The van der Waals surface area contributed by atoms with E-state index in [9.17, 15) is 13.2 Å². The zero-order chi connectivity index (χ0) is 14.8. The minimum absolute atomic E-state index is 0.0214. The van der Waals surface area contributed by atoms with E-state index in [0.29, 0.717) is 5.69 Å². The summed E-state index contributed by atoms with van der Waals surface area (Å²) < 4.78 is 27.5. The van der Waals surface area contributed by atoms with E-state index in [0.717, 1.165) is 0 Å². The van der Waals surface area contributed by atoms with Crippen LogP contribution in [0.1, 0.15) is 0 Å². The van der Waals surface area contributed by atoms with Crippen LogP contribution in [0, 0.1) is 0 Å². The van der Waals surface area contributed by atoms with Crippen molar-refractivity contribution in [3.05, 3.63) is 34.7 Å². The van der Waals surface area contributed by atoms with E-state index in [4.69, 9.17) is 15.4 Å². The number of hydrogen-bond donors (Lipinski definition) is 1. The molecule has 2 rings (SSSR count). The molecule has 2 N–H and O–H groups in total. The van der Waals surface area contributed by atoms with Crippen LogP contribution < -0.4 is 10.0 Å². The number of sulfonamides is 1. The standard InChI is InChI=1S/C10H11N5O4S/c11-14-13-5-8-6-15(10(16)19-8)7-2-1-3-9(4-7)20(12,17)18/h1-4,8H,5-6H2,(H2,12,17,18). The fourth-order valence-electron chi connectivity index (χ4n) is 1.78. The molecule has 1 atom stereocenters. The highest BCUT2D eigenvalue weighted by Gasteiger charge is 2.32. The molecule has 1 aromatic rings. The molecule has 0 aliphatic carbocycles. The molecule has 106 valence electrons. The van der Waals surface area contributed by atoms with Crippen molar-refractivity contribution in [3.63, 3.8) is 0 Å². The third-order valence-corrected chi connectivity index (χ3v) is 3.59. The summed E-state index contributed by atoms with van der Waals surface area (Å²) >= 11 is 0. The Bertz CT molecular complexity index is 683. The Morgan fingerprint density at radius 2 is 2.30 bits per heavy atom. The Hall–Kier alpha value is -2.29. The number of cyclic esters (lactones) is 1. The minimum Gasteiger partial charge on any atom is -0.444 e. The first kappa shape index (κ1) is 14.1. The van der Waals surface area contributed by atoms with E-state index in [1.807, 2.05) is 0 Å². The number of nitrogens with two attached hydrogens (primary N) is 1. The van der Waals surface area contributed by atoms with Crippen LogP contribution in [0.15, 0.2) is 34.3 Å². The van der Waals surface area contributed by atoms with Crippen LogP contribution in [0.5, 0.6) is 0 Å². The second-order valence-electron chi connectivity index (χ2n) is 4.07. The largest absolute Gasteiger partial charge is 0.444 e. The van der Waals surface area contributed by atoms with E-state index in [-0.39, 0.29) is 18.0 Å². The molecule has 0 spiro atoms. The van der Waals surface area contributed by atoms with Gasteiger partial charge in [-0.3, -0.25) is 4.90 Å². The van der Waals surface area contributed by atoms with Crippen molar-refractivity contribution in [1.82, 2.24) is 0 Å². The van der Waals surface area contributed by atoms with Gasteiger partial charge < -0.3 is 4.74 Å². The van der Waals surface area contributed by atoms with Crippen molar-refractivity contribution in [1.29, 1.82) is 0 Å². The maximum absolute atomic E-state index is 11.7. The SMILES string of the molecule is [N-]=[N+]=NCC1CN(c2cccc(S(N)(=O)=O)c2)C(=O)O1. The first-order valence-corrected chi connectivity index (χ1v) is 7.08. The first-order valence-electron chi connectivity index (χ1n) is 5.53. The average molecular weight is 297 g/mol. The molecular formula is C10H11N5O4S. The maximum Gasteiger partial charge on any atom is 0.414 e. The fraction of sp³-hybridized carbons (Fsp3) is 0.300. The molecule has 0 radical (unpaired) electrons. The predicted molar refractivity (Wildman–Crippen MR) is 69.4 cm³/mol. The van der Waals surface area contributed by atoms with Crippen LogP contribution >= 0.6 is 0 Å². The second-order valence-corrected chi connectivity index (χ2v) is 5.63. The second kappa shape index (κ2) is 5.37. The molecule has 20 heavy (non-hydrogen) atoms. The highest BCUT2D eigenvalue weighted by Crippen LogP contribution is 2.24. The smallest absolute Gasteiger partial charge is 0.414 e. The molecule has 0 bridgehead atoms. The number of carbonyl (C=O) groups excluding carboxylic acids is 1. The van der Waals surface area contributed by atoms with Gasteiger partial charge in [-0.1, -0.05) is 11.2 Å². The van der Waals surface area contributed by atoms with Gasteiger partial charge in [0.15, 0.2) is 0 Å². The molecule has 9 nitrogen and oxygen atoms in total. The van der Waals surface area contributed by atoms with Gasteiger partial charge in [0.2, 0.25) is 10.0 Å². The zero-order valence-electron chi connectivity index (χ0n) is 10.2. The summed E-state index contributed by atoms with van der Waals surface area (Å²) in [6.45, 7) is 0.194. The number of carbonyl (C=O) groups is 1. The molecule has 1 amide bonds. The van der Waals surface area contributed by atoms with E-state index in [2.05, 4.69) is 10.0 Å².